The lowest BCUT2D eigenvalue weighted by atomic mass is 10.1. The van der Waals surface area contributed by atoms with Gasteiger partial charge in [0.1, 0.15) is 0 Å². The Hall–Kier alpha value is -0.853. The lowest BCUT2D eigenvalue weighted by Crippen LogP contribution is -2.41. The maximum Gasteiger partial charge on any atom is 0.404 e. The molecule has 0 saturated heterocycles. The first-order valence-corrected chi connectivity index (χ1v) is 11.1. The zero-order valence-corrected chi connectivity index (χ0v) is 16.6. The minimum Gasteiger partial charge on any atom is -0.465 e. The van der Waals surface area contributed by atoms with Crippen molar-refractivity contribution in [2.75, 3.05) is 6.61 Å². The molecule has 22 heavy (non-hydrogen) atoms. The first-order chi connectivity index (χ1) is 10.0. The molecule has 0 aliphatic rings. The van der Waals surface area contributed by atoms with E-state index in [2.05, 4.69) is 55.1 Å². The fraction of sp³-hybridized carbons (Fsp3) is 0.562. The molecule has 1 aromatic rings. The summed E-state index contributed by atoms with van der Waals surface area (Å²) >= 11 is 3.47. The molecule has 4 nitrogen and oxygen atoms in total. The van der Waals surface area contributed by atoms with E-state index in [9.17, 15) is 4.79 Å². The number of carbonyl (C=O) groups is 1. The van der Waals surface area contributed by atoms with E-state index in [1.807, 2.05) is 18.2 Å². The Balaban J connectivity index is 2.72. The van der Waals surface area contributed by atoms with E-state index in [-0.39, 0.29) is 5.04 Å². The van der Waals surface area contributed by atoms with Gasteiger partial charge in [-0.2, -0.15) is 0 Å². The maximum absolute atomic E-state index is 10.7. The normalized spacial score (nSPS) is 12.3. The van der Waals surface area contributed by atoms with Gasteiger partial charge in [-0.25, -0.2) is 4.79 Å². The number of amides is 1. The molecule has 1 amide bonds. The number of carboxylic acid groups (broad SMARTS) is 1. The Morgan fingerprint density at radius 2 is 1.95 bits per heavy atom. The molecule has 0 bridgehead atoms. The fourth-order valence-electron chi connectivity index (χ4n) is 1.80. The van der Waals surface area contributed by atoms with Crippen molar-refractivity contribution in [3.05, 3.63) is 33.8 Å². The van der Waals surface area contributed by atoms with Crippen LogP contribution in [-0.2, 0) is 17.4 Å². The molecule has 0 atom stereocenters. The standard InChI is InChI=1S/C16H26BrNO3Si/c1-16(2,3)22(4,5)21-9-8-12-10-14(17)7-6-13(12)11-18-15(19)20/h6-7,10,18H,8-9,11H2,1-5H3,(H,19,20). The molecule has 124 valence electrons. The number of rotatable bonds is 6. The van der Waals surface area contributed by atoms with Gasteiger partial charge in [0.25, 0.3) is 0 Å². The molecule has 6 heteroatoms. The summed E-state index contributed by atoms with van der Waals surface area (Å²) in [5.41, 5.74) is 2.10. The van der Waals surface area contributed by atoms with Crippen LogP contribution < -0.4 is 5.32 Å². The molecule has 0 radical (unpaired) electrons. The average molecular weight is 388 g/mol. The van der Waals surface area contributed by atoms with Gasteiger partial charge in [-0.3, -0.25) is 0 Å². The van der Waals surface area contributed by atoms with Gasteiger partial charge in [0.2, 0.25) is 0 Å². The highest BCUT2D eigenvalue weighted by Crippen LogP contribution is 2.36. The Morgan fingerprint density at radius 3 is 2.50 bits per heavy atom. The fourth-order valence-corrected chi connectivity index (χ4v) is 3.26. The minimum atomic E-state index is -1.75. The van der Waals surface area contributed by atoms with E-state index < -0.39 is 14.4 Å². The summed E-state index contributed by atoms with van der Waals surface area (Å²) in [5, 5.41) is 11.4. The van der Waals surface area contributed by atoms with Crippen molar-refractivity contribution in [2.24, 2.45) is 0 Å². The summed E-state index contributed by atoms with van der Waals surface area (Å²) in [4.78, 5) is 10.7. The third-order valence-corrected chi connectivity index (χ3v) is 9.27. The summed E-state index contributed by atoms with van der Waals surface area (Å²) in [7, 11) is -1.75. The van der Waals surface area contributed by atoms with Gasteiger partial charge in [-0.15, -0.1) is 0 Å². The quantitative estimate of drug-likeness (QED) is 0.690. The van der Waals surface area contributed by atoms with Gasteiger partial charge in [0.05, 0.1) is 0 Å². The molecule has 2 N–H and O–H groups in total. The van der Waals surface area contributed by atoms with Crippen LogP contribution in [0.1, 0.15) is 31.9 Å². The van der Waals surface area contributed by atoms with E-state index in [0.29, 0.717) is 13.2 Å². The van der Waals surface area contributed by atoms with Crippen molar-refractivity contribution in [1.82, 2.24) is 5.32 Å². The van der Waals surface area contributed by atoms with E-state index >= 15 is 0 Å². The highest BCUT2D eigenvalue weighted by atomic mass is 79.9. The van der Waals surface area contributed by atoms with Gasteiger partial charge in [0.15, 0.2) is 8.32 Å². The second kappa shape index (κ2) is 7.61. The van der Waals surface area contributed by atoms with Crippen LogP contribution in [0, 0.1) is 0 Å². The first kappa shape index (κ1) is 19.2. The Bertz CT molecular complexity index is 527. The predicted octanol–water partition coefficient (Wildman–Crippen LogP) is 4.78. The molecular weight excluding hydrogens is 362 g/mol. The summed E-state index contributed by atoms with van der Waals surface area (Å²) in [6.07, 6.45) is -0.228. The number of halogens is 1. The SMILES string of the molecule is CC(C)(C)[Si](C)(C)OCCc1cc(Br)ccc1CNC(=O)O. The number of nitrogens with one attached hydrogen (secondary N) is 1. The third kappa shape index (κ3) is 5.74. The zero-order chi connectivity index (χ0) is 17.0. The second-order valence-corrected chi connectivity index (χ2v) is 12.7. The largest absolute Gasteiger partial charge is 0.465 e. The van der Waals surface area contributed by atoms with Crippen LogP contribution >= 0.6 is 15.9 Å². The smallest absolute Gasteiger partial charge is 0.404 e. The van der Waals surface area contributed by atoms with Crippen molar-refractivity contribution in [2.45, 2.75) is 51.9 Å². The molecule has 1 rings (SSSR count). The van der Waals surface area contributed by atoms with E-state index in [1.54, 1.807) is 0 Å². The second-order valence-electron chi connectivity index (χ2n) is 6.93. The van der Waals surface area contributed by atoms with E-state index in [0.717, 1.165) is 22.0 Å². The monoisotopic (exact) mass is 387 g/mol. The maximum atomic E-state index is 10.7. The molecule has 0 spiro atoms. The lowest BCUT2D eigenvalue weighted by molar-refractivity contribution is 0.194. The Morgan fingerprint density at radius 1 is 1.32 bits per heavy atom. The molecule has 1 aromatic carbocycles. The molecule has 0 unspecified atom stereocenters. The van der Waals surface area contributed by atoms with E-state index in [4.69, 9.17) is 9.53 Å². The van der Waals surface area contributed by atoms with Crippen LogP contribution in [0.25, 0.3) is 0 Å². The molecule has 0 aliphatic carbocycles. The molecular formula is C16H26BrNO3Si. The van der Waals surface area contributed by atoms with Crippen LogP contribution in [0.2, 0.25) is 18.1 Å². The molecule has 0 fully saturated rings. The van der Waals surface area contributed by atoms with Crippen molar-refractivity contribution in [3.63, 3.8) is 0 Å². The summed E-state index contributed by atoms with van der Waals surface area (Å²) in [5.74, 6) is 0. The number of benzene rings is 1. The minimum absolute atomic E-state index is 0.192. The highest BCUT2D eigenvalue weighted by molar-refractivity contribution is 9.10. The third-order valence-electron chi connectivity index (χ3n) is 4.24. The van der Waals surface area contributed by atoms with Crippen LogP contribution in [-0.4, -0.2) is 26.1 Å². The van der Waals surface area contributed by atoms with Crippen molar-refractivity contribution < 1.29 is 14.3 Å². The zero-order valence-electron chi connectivity index (χ0n) is 14.0. The molecule has 0 aliphatic heterocycles. The Labute approximate surface area is 142 Å². The van der Waals surface area contributed by atoms with Gasteiger partial charge < -0.3 is 14.8 Å². The van der Waals surface area contributed by atoms with Crippen molar-refractivity contribution in [1.29, 1.82) is 0 Å². The molecule has 0 heterocycles. The van der Waals surface area contributed by atoms with Gasteiger partial charge >= 0.3 is 6.09 Å². The molecule has 0 aromatic heterocycles. The van der Waals surface area contributed by atoms with Crippen molar-refractivity contribution >= 4 is 30.3 Å². The summed E-state index contributed by atoms with van der Waals surface area (Å²) in [6, 6.07) is 5.91. The van der Waals surface area contributed by atoms with Crippen LogP contribution in [0.5, 0.6) is 0 Å². The van der Waals surface area contributed by atoms with Crippen LogP contribution in [0.15, 0.2) is 22.7 Å². The first-order valence-electron chi connectivity index (χ1n) is 7.41. The van der Waals surface area contributed by atoms with E-state index in [1.165, 1.54) is 0 Å². The Kier molecular flexibility index (Phi) is 6.64. The summed E-state index contributed by atoms with van der Waals surface area (Å²) < 4.78 is 7.20. The van der Waals surface area contributed by atoms with Gasteiger partial charge in [-0.05, 0) is 47.8 Å². The van der Waals surface area contributed by atoms with Gasteiger partial charge in [-0.1, -0.05) is 42.8 Å². The summed E-state index contributed by atoms with van der Waals surface area (Å²) in [6.45, 7) is 12.1. The lowest BCUT2D eigenvalue weighted by Gasteiger charge is -2.36. The average Bonchev–Trinajstić information content (AvgIpc) is 2.36. The topological polar surface area (TPSA) is 58.6 Å². The van der Waals surface area contributed by atoms with Crippen LogP contribution in [0.4, 0.5) is 4.79 Å². The number of hydrogen-bond donors (Lipinski definition) is 2. The van der Waals surface area contributed by atoms with Crippen molar-refractivity contribution in [3.8, 4) is 0 Å². The number of hydrogen-bond acceptors (Lipinski definition) is 2. The van der Waals surface area contributed by atoms with Crippen LogP contribution in [0.3, 0.4) is 0 Å². The van der Waals surface area contributed by atoms with Gasteiger partial charge in [0, 0.05) is 17.6 Å². The molecule has 0 saturated carbocycles. The highest BCUT2D eigenvalue weighted by Gasteiger charge is 2.36. The predicted molar refractivity (Wildman–Crippen MR) is 95.9 cm³/mol.